The normalized spacial score (nSPS) is 10.6. The Morgan fingerprint density at radius 1 is 1.04 bits per heavy atom. The zero-order valence-corrected chi connectivity index (χ0v) is 18.0. The predicted molar refractivity (Wildman–Crippen MR) is 116 cm³/mol. The largest absolute Gasteiger partial charge is 0.369 e. The van der Waals surface area contributed by atoms with E-state index in [-0.39, 0.29) is 24.2 Å². The number of rotatable bonds is 6. The minimum Gasteiger partial charge on any atom is -0.369 e. The van der Waals surface area contributed by atoms with Gasteiger partial charge in [-0.1, -0.05) is 58.0 Å². The highest BCUT2D eigenvalue weighted by Gasteiger charge is 2.17. The lowest BCUT2D eigenvalue weighted by Gasteiger charge is -2.19. The summed E-state index contributed by atoms with van der Waals surface area (Å²) in [5, 5.41) is 9.08. The van der Waals surface area contributed by atoms with E-state index in [1.807, 2.05) is 18.2 Å². The molecule has 0 saturated carbocycles. The highest BCUT2D eigenvalue weighted by molar-refractivity contribution is 5.78. The molecule has 0 aromatic heterocycles. The van der Waals surface area contributed by atoms with Gasteiger partial charge in [-0.3, -0.25) is 4.79 Å². The third kappa shape index (κ3) is 7.54. The number of primary amides is 1. The van der Waals surface area contributed by atoms with Gasteiger partial charge in [-0.2, -0.15) is 5.26 Å². The molecule has 0 spiro atoms. The monoisotopic (exact) mass is 379 g/mol. The van der Waals surface area contributed by atoms with Crippen LogP contribution in [0.1, 0.15) is 67.3 Å². The fourth-order valence-electron chi connectivity index (χ4n) is 3.14. The zero-order chi connectivity index (χ0) is 21.3. The van der Waals surface area contributed by atoms with Gasteiger partial charge in [0.25, 0.3) is 0 Å². The van der Waals surface area contributed by atoms with Crippen LogP contribution in [0.4, 0.5) is 0 Å². The van der Waals surface area contributed by atoms with Crippen molar-refractivity contribution in [2.75, 3.05) is 14.1 Å². The van der Waals surface area contributed by atoms with Crippen molar-refractivity contribution in [3.8, 4) is 6.07 Å². The summed E-state index contributed by atoms with van der Waals surface area (Å²) in [7, 11) is 4.15. The molecule has 0 atom stereocenters. The van der Waals surface area contributed by atoms with E-state index in [4.69, 9.17) is 11.0 Å². The average Bonchev–Trinajstić information content (AvgIpc) is 2.61. The number of amides is 1. The molecule has 150 valence electrons. The summed E-state index contributed by atoms with van der Waals surface area (Å²) in [5.41, 5.74) is 10.4. The van der Waals surface area contributed by atoms with Crippen LogP contribution < -0.4 is 5.73 Å². The van der Waals surface area contributed by atoms with E-state index in [0.717, 1.165) is 23.2 Å². The van der Waals surface area contributed by atoms with Gasteiger partial charge in [-0.15, -0.1) is 0 Å². The number of hydrogen-bond acceptors (Lipinski definition) is 3. The highest BCUT2D eigenvalue weighted by atomic mass is 16.1. The van der Waals surface area contributed by atoms with Crippen LogP contribution in [-0.2, 0) is 17.8 Å². The smallest absolute Gasteiger partial charge is 0.221 e. The highest BCUT2D eigenvalue weighted by Crippen LogP contribution is 2.29. The molecular formula is C24H33N3O. The topological polar surface area (TPSA) is 70.1 Å². The molecule has 2 rings (SSSR count). The molecule has 0 saturated heterocycles. The van der Waals surface area contributed by atoms with Gasteiger partial charge in [0.15, 0.2) is 0 Å². The van der Waals surface area contributed by atoms with Crippen LogP contribution in [-0.4, -0.2) is 24.9 Å². The fourth-order valence-corrected chi connectivity index (χ4v) is 3.14. The molecule has 0 unspecified atom stereocenters. The number of benzene rings is 2. The van der Waals surface area contributed by atoms with Gasteiger partial charge in [0.05, 0.1) is 18.1 Å². The van der Waals surface area contributed by atoms with Crippen molar-refractivity contribution in [2.45, 2.75) is 52.5 Å². The van der Waals surface area contributed by atoms with Crippen molar-refractivity contribution < 1.29 is 4.79 Å². The third-order valence-corrected chi connectivity index (χ3v) is 4.38. The number of nitrogens with two attached hydrogens (primary N) is 1. The summed E-state index contributed by atoms with van der Waals surface area (Å²) in [6.45, 7) is 9.27. The first-order chi connectivity index (χ1) is 13.1. The molecule has 0 aliphatic carbocycles. The van der Waals surface area contributed by atoms with Gasteiger partial charge in [0, 0.05) is 6.54 Å². The quantitative estimate of drug-likeness (QED) is 0.798. The second kappa shape index (κ2) is 11.3. The number of nitrogens with zero attached hydrogens (tertiary/aromatic N) is 2. The van der Waals surface area contributed by atoms with Crippen molar-refractivity contribution >= 4 is 5.91 Å². The second-order valence-electron chi connectivity index (χ2n) is 7.92. The minimum absolute atomic E-state index is 0.243. The standard InChI is InChI=1S/C15H20N2O.C9H13N/c1-9(2)12-5-11(8-16)6-13(10(3)4)14(12)7-15(17)18;1-10(2)8-9-6-4-3-5-7-9/h5-6,9-10H,7H2,1-4H3,(H2,17,18);3-7H,8H2,1-2H3. The van der Waals surface area contributed by atoms with Crippen LogP contribution >= 0.6 is 0 Å². The molecule has 2 aromatic carbocycles. The van der Waals surface area contributed by atoms with Crippen LogP contribution in [0.15, 0.2) is 42.5 Å². The lowest BCUT2D eigenvalue weighted by molar-refractivity contribution is -0.117. The van der Waals surface area contributed by atoms with E-state index in [1.54, 1.807) is 0 Å². The first-order valence-corrected chi connectivity index (χ1v) is 9.69. The predicted octanol–water partition coefficient (Wildman–Crippen LogP) is 4.58. The molecule has 2 aromatic rings. The Bertz CT molecular complexity index is 773. The lowest BCUT2D eigenvalue weighted by atomic mass is 9.85. The number of nitriles is 1. The first kappa shape index (κ1) is 23.4. The van der Waals surface area contributed by atoms with E-state index < -0.39 is 0 Å². The summed E-state index contributed by atoms with van der Waals surface area (Å²) >= 11 is 0. The molecule has 0 radical (unpaired) electrons. The van der Waals surface area contributed by atoms with E-state index in [2.05, 4.69) is 77.0 Å². The molecule has 28 heavy (non-hydrogen) atoms. The molecule has 2 N–H and O–H groups in total. The second-order valence-corrected chi connectivity index (χ2v) is 7.92. The maximum atomic E-state index is 11.2. The molecule has 0 aliphatic heterocycles. The Morgan fingerprint density at radius 2 is 1.54 bits per heavy atom. The van der Waals surface area contributed by atoms with Gasteiger partial charge in [0.2, 0.25) is 5.91 Å². The number of hydrogen-bond donors (Lipinski definition) is 1. The molecule has 4 nitrogen and oxygen atoms in total. The number of carbonyl (C=O) groups is 1. The molecule has 0 heterocycles. The van der Waals surface area contributed by atoms with Gasteiger partial charge >= 0.3 is 0 Å². The molecule has 0 aliphatic rings. The summed E-state index contributed by atoms with van der Waals surface area (Å²) in [6, 6.07) is 16.4. The van der Waals surface area contributed by atoms with Crippen molar-refractivity contribution in [3.05, 3.63) is 70.3 Å². The van der Waals surface area contributed by atoms with Crippen LogP contribution in [0.3, 0.4) is 0 Å². The Labute approximate surface area is 170 Å². The van der Waals surface area contributed by atoms with E-state index in [9.17, 15) is 4.79 Å². The van der Waals surface area contributed by atoms with Crippen LogP contribution in [0.25, 0.3) is 0 Å². The van der Waals surface area contributed by atoms with Gasteiger partial charge in [-0.05, 0) is 60.3 Å². The molecular weight excluding hydrogens is 346 g/mol. The SMILES string of the molecule is CC(C)c1cc(C#N)cc(C(C)C)c1CC(N)=O.CN(C)Cc1ccccc1. The summed E-state index contributed by atoms with van der Waals surface area (Å²) in [4.78, 5) is 13.4. The molecule has 1 amide bonds. The summed E-state index contributed by atoms with van der Waals surface area (Å²) in [6.07, 6.45) is 0.243. The first-order valence-electron chi connectivity index (χ1n) is 9.69. The molecule has 0 fully saturated rings. The average molecular weight is 380 g/mol. The van der Waals surface area contributed by atoms with Crippen LogP contribution in [0.2, 0.25) is 0 Å². The van der Waals surface area contributed by atoms with Gasteiger partial charge in [-0.25, -0.2) is 0 Å². The van der Waals surface area contributed by atoms with Gasteiger partial charge in [0.1, 0.15) is 0 Å². The van der Waals surface area contributed by atoms with Crippen molar-refractivity contribution in [1.82, 2.24) is 4.90 Å². The Kier molecular flexibility index (Phi) is 9.41. The van der Waals surface area contributed by atoms with Gasteiger partial charge < -0.3 is 10.6 Å². The van der Waals surface area contributed by atoms with E-state index in [1.165, 1.54) is 5.56 Å². The minimum atomic E-state index is -0.330. The van der Waals surface area contributed by atoms with Crippen LogP contribution in [0, 0.1) is 11.3 Å². The Hall–Kier alpha value is -2.64. The maximum absolute atomic E-state index is 11.2. The van der Waals surface area contributed by atoms with E-state index >= 15 is 0 Å². The molecule has 4 heteroatoms. The summed E-state index contributed by atoms with van der Waals surface area (Å²) < 4.78 is 0. The third-order valence-electron chi connectivity index (χ3n) is 4.38. The van der Waals surface area contributed by atoms with E-state index in [0.29, 0.717) is 5.56 Å². The van der Waals surface area contributed by atoms with Crippen LogP contribution in [0.5, 0.6) is 0 Å². The zero-order valence-electron chi connectivity index (χ0n) is 18.0. The Morgan fingerprint density at radius 3 is 1.89 bits per heavy atom. The maximum Gasteiger partial charge on any atom is 0.221 e. The van der Waals surface area contributed by atoms with Crippen molar-refractivity contribution in [3.63, 3.8) is 0 Å². The lowest BCUT2D eigenvalue weighted by Crippen LogP contribution is -2.17. The Balaban J connectivity index is 0.000000330. The molecule has 0 bridgehead atoms. The van der Waals surface area contributed by atoms with Crippen molar-refractivity contribution in [1.29, 1.82) is 5.26 Å². The summed E-state index contributed by atoms with van der Waals surface area (Å²) in [5.74, 6) is 0.207. The van der Waals surface area contributed by atoms with Crippen molar-refractivity contribution in [2.24, 2.45) is 5.73 Å². The fraction of sp³-hybridized carbons (Fsp3) is 0.417. The number of carbonyl (C=O) groups excluding carboxylic acids is 1.